The molecular weight excluding hydrogens is 242 g/mol. The molecule has 2 rings (SSSR count). The lowest BCUT2D eigenvalue weighted by molar-refractivity contribution is 0.0915. The molecule has 0 saturated heterocycles. The van der Waals surface area contributed by atoms with Crippen LogP contribution in [0.4, 0.5) is 0 Å². The highest BCUT2D eigenvalue weighted by atomic mass is 32.2. The lowest BCUT2D eigenvalue weighted by atomic mass is 10.2. The predicted octanol–water partition coefficient (Wildman–Crippen LogP) is 0.449. The van der Waals surface area contributed by atoms with E-state index in [4.69, 9.17) is 9.47 Å². The van der Waals surface area contributed by atoms with Gasteiger partial charge in [-0.25, -0.2) is 8.42 Å². The van der Waals surface area contributed by atoms with Crippen LogP contribution >= 0.6 is 0 Å². The molecule has 0 aromatic heterocycles. The average molecular weight is 257 g/mol. The lowest BCUT2D eigenvalue weighted by Gasteiger charge is -2.26. The molecule has 0 unspecified atom stereocenters. The van der Waals surface area contributed by atoms with Crippen molar-refractivity contribution in [2.45, 2.75) is 11.0 Å². The molecule has 6 heteroatoms. The molecular formula is C11H15NO4S. The van der Waals surface area contributed by atoms with E-state index in [9.17, 15) is 8.42 Å². The van der Waals surface area contributed by atoms with Crippen molar-refractivity contribution in [1.82, 2.24) is 5.32 Å². The highest BCUT2D eigenvalue weighted by molar-refractivity contribution is 7.90. The molecule has 1 aromatic rings. The van der Waals surface area contributed by atoms with Crippen LogP contribution in [0, 0.1) is 0 Å². The molecule has 0 saturated carbocycles. The van der Waals surface area contributed by atoms with Crippen LogP contribution < -0.4 is 14.8 Å². The molecule has 0 aliphatic carbocycles. The Bertz CT molecular complexity index is 512. The van der Waals surface area contributed by atoms with Crippen LogP contribution in [0.5, 0.6) is 11.5 Å². The number of sulfone groups is 1. The van der Waals surface area contributed by atoms with Crippen LogP contribution in [-0.2, 0) is 9.84 Å². The highest BCUT2D eigenvalue weighted by Crippen LogP contribution is 2.33. The maximum Gasteiger partial charge on any atom is 0.175 e. The lowest BCUT2D eigenvalue weighted by Crippen LogP contribution is -2.37. The summed E-state index contributed by atoms with van der Waals surface area (Å²) < 4.78 is 34.0. The number of hydrogen-bond donors (Lipinski definition) is 1. The summed E-state index contributed by atoms with van der Waals surface area (Å²) in [6.45, 7) is 1.12. The maximum absolute atomic E-state index is 11.4. The van der Waals surface area contributed by atoms with E-state index in [1.165, 1.54) is 18.4 Å². The van der Waals surface area contributed by atoms with Crippen molar-refractivity contribution in [1.29, 1.82) is 0 Å². The Kier molecular flexibility index (Phi) is 3.26. The van der Waals surface area contributed by atoms with E-state index < -0.39 is 9.84 Å². The molecule has 1 aliphatic heterocycles. The third-order valence-electron chi connectivity index (χ3n) is 2.49. The van der Waals surface area contributed by atoms with Crippen LogP contribution in [0.25, 0.3) is 0 Å². The molecule has 0 spiro atoms. The first-order valence-electron chi connectivity index (χ1n) is 5.29. The first kappa shape index (κ1) is 12.2. The smallest absolute Gasteiger partial charge is 0.175 e. The number of fused-ring (bicyclic) bond motifs is 1. The van der Waals surface area contributed by atoms with Gasteiger partial charge in [-0.05, 0) is 19.2 Å². The van der Waals surface area contributed by atoms with Crippen LogP contribution in [0.1, 0.15) is 0 Å². The van der Waals surface area contributed by atoms with E-state index in [0.717, 1.165) is 0 Å². The van der Waals surface area contributed by atoms with Gasteiger partial charge in [0.15, 0.2) is 21.3 Å². The molecule has 0 amide bonds. The summed E-state index contributed by atoms with van der Waals surface area (Å²) in [5, 5.41) is 2.99. The van der Waals surface area contributed by atoms with Crippen LogP contribution in [0.15, 0.2) is 23.1 Å². The molecule has 1 aromatic carbocycles. The Morgan fingerprint density at radius 1 is 1.41 bits per heavy atom. The van der Waals surface area contributed by atoms with Crippen molar-refractivity contribution in [3.63, 3.8) is 0 Å². The predicted molar refractivity (Wildman–Crippen MR) is 63.4 cm³/mol. The first-order chi connectivity index (χ1) is 8.00. The number of likely N-dealkylation sites (N-methyl/N-ethyl adjacent to an activating group) is 1. The summed E-state index contributed by atoms with van der Waals surface area (Å²) in [5.74, 6) is 1.07. The minimum atomic E-state index is -3.22. The average Bonchev–Trinajstić information content (AvgIpc) is 2.27. The summed E-state index contributed by atoms with van der Waals surface area (Å²) in [6, 6.07) is 4.66. The van der Waals surface area contributed by atoms with E-state index >= 15 is 0 Å². The Labute approximate surface area is 101 Å². The van der Waals surface area contributed by atoms with Crippen molar-refractivity contribution < 1.29 is 17.9 Å². The highest BCUT2D eigenvalue weighted by Gasteiger charge is 2.22. The molecule has 0 fully saturated rings. The zero-order chi connectivity index (χ0) is 12.5. The Morgan fingerprint density at radius 2 is 2.18 bits per heavy atom. The molecule has 0 bridgehead atoms. The molecule has 5 nitrogen and oxygen atoms in total. The van der Waals surface area contributed by atoms with Crippen molar-refractivity contribution in [3.05, 3.63) is 18.2 Å². The van der Waals surface area contributed by atoms with Crippen molar-refractivity contribution in [2.75, 3.05) is 26.5 Å². The van der Waals surface area contributed by atoms with Gasteiger partial charge in [-0.3, -0.25) is 0 Å². The van der Waals surface area contributed by atoms with Gasteiger partial charge < -0.3 is 14.8 Å². The summed E-state index contributed by atoms with van der Waals surface area (Å²) in [5.41, 5.74) is 0. The minimum absolute atomic E-state index is 0.0951. The van der Waals surface area contributed by atoms with E-state index in [-0.39, 0.29) is 11.0 Å². The molecule has 0 radical (unpaired) electrons. The van der Waals surface area contributed by atoms with E-state index in [0.29, 0.717) is 24.7 Å². The Morgan fingerprint density at radius 3 is 2.82 bits per heavy atom. The third-order valence-corrected chi connectivity index (χ3v) is 3.60. The number of rotatable bonds is 3. The van der Waals surface area contributed by atoms with Gasteiger partial charge in [0.1, 0.15) is 12.7 Å². The fraction of sp³-hybridized carbons (Fsp3) is 0.455. The van der Waals surface area contributed by atoms with Crippen LogP contribution in [-0.4, -0.2) is 41.0 Å². The van der Waals surface area contributed by atoms with Crippen LogP contribution in [0.3, 0.4) is 0 Å². The fourth-order valence-corrected chi connectivity index (χ4v) is 2.29. The number of benzene rings is 1. The second kappa shape index (κ2) is 4.54. The standard InChI is InChI=1S/C11H15NO4S/c1-12-6-8-7-15-10-4-3-9(17(2,13)14)5-11(10)16-8/h3-5,8,12H,6-7H2,1-2H3/t8-/m0/s1. The summed E-state index contributed by atoms with van der Waals surface area (Å²) in [7, 11) is -1.39. The van der Waals surface area contributed by atoms with Gasteiger partial charge in [-0.1, -0.05) is 0 Å². The van der Waals surface area contributed by atoms with E-state index in [1.807, 2.05) is 7.05 Å². The summed E-state index contributed by atoms with van der Waals surface area (Å²) in [4.78, 5) is 0.241. The van der Waals surface area contributed by atoms with Crippen LogP contribution in [0.2, 0.25) is 0 Å². The van der Waals surface area contributed by atoms with Gasteiger partial charge in [0.2, 0.25) is 0 Å². The number of ether oxygens (including phenoxy) is 2. The van der Waals surface area contributed by atoms with Gasteiger partial charge in [0, 0.05) is 18.9 Å². The van der Waals surface area contributed by atoms with E-state index in [1.54, 1.807) is 6.07 Å². The monoisotopic (exact) mass is 257 g/mol. The van der Waals surface area contributed by atoms with Crippen molar-refractivity contribution in [3.8, 4) is 11.5 Å². The molecule has 1 aliphatic rings. The summed E-state index contributed by atoms with van der Waals surface area (Å²) >= 11 is 0. The molecule has 1 atom stereocenters. The summed E-state index contributed by atoms with van der Waals surface area (Å²) in [6.07, 6.45) is 1.08. The van der Waals surface area contributed by atoms with Gasteiger partial charge in [-0.15, -0.1) is 0 Å². The zero-order valence-corrected chi connectivity index (χ0v) is 10.6. The van der Waals surface area contributed by atoms with Gasteiger partial charge >= 0.3 is 0 Å². The van der Waals surface area contributed by atoms with Gasteiger partial charge in [0.05, 0.1) is 4.90 Å². The largest absolute Gasteiger partial charge is 0.486 e. The quantitative estimate of drug-likeness (QED) is 0.851. The minimum Gasteiger partial charge on any atom is -0.486 e. The topological polar surface area (TPSA) is 64.6 Å². The van der Waals surface area contributed by atoms with Gasteiger partial charge in [0.25, 0.3) is 0 Å². The van der Waals surface area contributed by atoms with Gasteiger partial charge in [-0.2, -0.15) is 0 Å². The number of nitrogens with one attached hydrogen (secondary N) is 1. The number of hydrogen-bond acceptors (Lipinski definition) is 5. The fourth-order valence-electron chi connectivity index (χ4n) is 1.65. The first-order valence-corrected chi connectivity index (χ1v) is 7.18. The molecule has 1 heterocycles. The Balaban J connectivity index is 2.29. The third kappa shape index (κ3) is 2.70. The normalized spacial score (nSPS) is 19.1. The maximum atomic E-state index is 11.4. The van der Waals surface area contributed by atoms with Crippen molar-refractivity contribution >= 4 is 9.84 Å². The second-order valence-electron chi connectivity index (χ2n) is 3.99. The SMILES string of the molecule is CNC[C@H]1COc2ccc(S(C)(=O)=O)cc2O1. The Hall–Kier alpha value is -1.27. The molecule has 17 heavy (non-hydrogen) atoms. The van der Waals surface area contributed by atoms with E-state index in [2.05, 4.69) is 5.32 Å². The second-order valence-corrected chi connectivity index (χ2v) is 6.00. The molecule has 1 N–H and O–H groups in total. The zero-order valence-electron chi connectivity index (χ0n) is 9.76. The van der Waals surface area contributed by atoms with Crippen molar-refractivity contribution in [2.24, 2.45) is 0 Å². The molecule has 94 valence electrons.